The van der Waals surface area contributed by atoms with E-state index in [2.05, 4.69) is 5.16 Å². The van der Waals surface area contributed by atoms with Gasteiger partial charge in [0, 0.05) is 27.3 Å². The fourth-order valence-corrected chi connectivity index (χ4v) is 1.91. The second kappa shape index (κ2) is 6.33. The maximum Gasteiger partial charge on any atom is 0.292 e. The van der Waals surface area contributed by atoms with Crippen molar-refractivity contribution < 1.29 is 14.1 Å². The molecule has 0 radical (unpaired) electrons. The molecule has 1 aromatic heterocycles. The molecule has 0 aliphatic rings. The summed E-state index contributed by atoms with van der Waals surface area (Å²) in [6.07, 6.45) is 1.84. The Morgan fingerprint density at radius 3 is 2.95 bits per heavy atom. The zero-order chi connectivity index (χ0) is 13.7. The summed E-state index contributed by atoms with van der Waals surface area (Å²) in [5, 5.41) is 4.65. The van der Waals surface area contributed by atoms with E-state index >= 15 is 0 Å². The summed E-state index contributed by atoms with van der Waals surface area (Å²) >= 11 is 0. The molecule has 1 heterocycles. The van der Waals surface area contributed by atoms with Gasteiger partial charge in [-0.05, 0) is 25.0 Å². The molecular formula is C14H18N2O3. The minimum atomic E-state index is -0.133. The number of rotatable bonds is 6. The highest BCUT2D eigenvalue weighted by Crippen LogP contribution is 2.19. The van der Waals surface area contributed by atoms with Crippen LogP contribution in [0.15, 0.2) is 28.8 Å². The van der Waals surface area contributed by atoms with Gasteiger partial charge in [0.1, 0.15) is 5.52 Å². The van der Waals surface area contributed by atoms with Crippen LogP contribution in [0.25, 0.3) is 10.9 Å². The predicted molar refractivity (Wildman–Crippen MR) is 72.1 cm³/mol. The number of ether oxygens (including phenoxy) is 1. The lowest BCUT2D eigenvalue weighted by molar-refractivity contribution is 0.0750. The molecule has 0 unspecified atom stereocenters. The third kappa shape index (κ3) is 3.12. The minimum Gasteiger partial charge on any atom is -0.385 e. The summed E-state index contributed by atoms with van der Waals surface area (Å²) in [6.45, 7) is 1.39. The zero-order valence-electron chi connectivity index (χ0n) is 11.3. The Balaban J connectivity index is 2.02. The van der Waals surface area contributed by atoms with Crippen molar-refractivity contribution in [1.29, 1.82) is 0 Å². The van der Waals surface area contributed by atoms with Crippen LogP contribution in [0.5, 0.6) is 0 Å². The van der Waals surface area contributed by atoms with Gasteiger partial charge in [-0.15, -0.1) is 0 Å². The van der Waals surface area contributed by atoms with E-state index in [0.29, 0.717) is 24.4 Å². The Labute approximate surface area is 112 Å². The van der Waals surface area contributed by atoms with Crippen LogP contribution in [0.2, 0.25) is 0 Å². The van der Waals surface area contributed by atoms with Crippen LogP contribution in [0.4, 0.5) is 0 Å². The second-order valence-corrected chi connectivity index (χ2v) is 4.46. The lowest BCUT2D eigenvalue weighted by Gasteiger charge is -2.15. The Kier molecular flexibility index (Phi) is 4.52. The molecule has 1 aromatic carbocycles. The van der Waals surface area contributed by atoms with Crippen LogP contribution in [0.3, 0.4) is 0 Å². The number of unbranched alkanes of at least 4 members (excludes halogenated alkanes) is 1. The van der Waals surface area contributed by atoms with Crippen molar-refractivity contribution in [2.75, 3.05) is 27.3 Å². The Morgan fingerprint density at radius 1 is 1.37 bits per heavy atom. The molecule has 5 nitrogen and oxygen atoms in total. The van der Waals surface area contributed by atoms with Gasteiger partial charge in [0.25, 0.3) is 5.91 Å². The third-order valence-electron chi connectivity index (χ3n) is 3.02. The maximum absolute atomic E-state index is 12.2. The molecule has 0 bridgehead atoms. The van der Waals surface area contributed by atoms with Crippen molar-refractivity contribution in [2.24, 2.45) is 0 Å². The molecule has 0 spiro atoms. The zero-order valence-corrected chi connectivity index (χ0v) is 11.3. The van der Waals surface area contributed by atoms with Gasteiger partial charge in [0.2, 0.25) is 5.76 Å². The molecule has 19 heavy (non-hydrogen) atoms. The van der Waals surface area contributed by atoms with Crippen molar-refractivity contribution in [3.8, 4) is 0 Å². The lowest BCUT2D eigenvalue weighted by atomic mass is 10.2. The first-order valence-electron chi connectivity index (χ1n) is 6.33. The van der Waals surface area contributed by atoms with Crippen molar-refractivity contribution in [1.82, 2.24) is 10.1 Å². The van der Waals surface area contributed by atoms with E-state index in [-0.39, 0.29) is 5.91 Å². The molecule has 102 valence electrons. The number of amides is 1. The first-order valence-corrected chi connectivity index (χ1v) is 6.33. The first-order chi connectivity index (χ1) is 9.24. The van der Waals surface area contributed by atoms with E-state index in [0.717, 1.165) is 18.2 Å². The number of carbonyl (C=O) groups is 1. The topological polar surface area (TPSA) is 55.6 Å². The summed E-state index contributed by atoms with van der Waals surface area (Å²) in [5.41, 5.74) is 0.707. The summed E-state index contributed by atoms with van der Waals surface area (Å²) in [6, 6.07) is 7.41. The van der Waals surface area contributed by atoms with Gasteiger partial charge in [0.15, 0.2) is 0 Å². The first kappa shape index (κ1) is 13.5. The smallest absolute Gasteiger partial charge is 0.292 e. The van der Waals surface area contributed by atoms with Crippen LogP contribution in [-0.2, 0) is 4.74 Å². The molecular weight excluding hydrogens is 244 g/mol. The van der Waals surface area contributed by atoms with E-state index in [4.69, 9.17) is 9.26 Å². The molecule has 0 N–H and O–H groups in total. The van der Waals surface area contributed by atoms with Crippen LogP contribution >= 0.6 is 0 Å². The Morgan fingerprint density at radius 2 is 2.16 bits per heavy atom. The van der Waals surface area contributed by atoms with Crippen molar-refractivity contribution in [2.45, 2.75) is 12.8 Å². The lowest BCUT2D eigenvalue weighted by Crippen LogP contribution is -2.27. The van der Waals surface area contributed by atoms with Crippen LogP contribution in [0, 0.1) is 0 Å². The van der Waals surface area contributed by atoms with Gasteiger partial charge < -0.3 is 14.2 Å². The molecule has 0 aliphatic heterocycles. The highest BCUT2D eigenvalue weighted by molar-refractivity contribution is 6.03. The summed E-state index contributed by atoms with van der Waals surface area (Å²) < 4.78 is 10.1. The van der Waals surface area contributed by atoms with Crippen molar-refractivity contribution in [3.63, 3.8) is 0 Å². The van der Waals surface area contributed by atoms with Crippen molar-refractivity contribution in [3.05, 3.63) is 30.0 Å². The highest BCUT2D eigenvalue weighted by Gasteiger charge is 2.19. The molecule has 0 saturated carbocycles. The standard InChI is InChI=1S/C14H18N2O3/c1-16(9-5-6-10-18-2)14(17)13-11-7-3-4-8-12(11)15-19-13/h3-4,7-8H,5-6,9-10H2,1-2H3. The van der Waals surface area contributed by atoms with Crippen molar-refractivity contribution >= 4 is 16.8 Å². The monoisotopic (exact) mass is 262 g/mol. The summed E-state index contributed by atoms with van der Waals surface area (Å²) in [4.78, 5) is 13.9. The number of aromatic nitrogens is 1. The molecule has 2 rings (SSSR count). The summed E-state index contributed by atoms with van der Waals surface area (Å²) in [7, 11) is 3.45. The van der Waals surface area contributed by atoms with Gasteiger partial charge >= 0.3 is 0 Å². The van der Waals surface area contributed by atoms with E-state index in [1.165, 1.54) is 0 Å². The average Bonchev–Trinajstić information content (AvgIpc) is 2.86. The van der Waals surface area contributed by atoms with E-state index in [1.54, 1.807) is 19.1 Å². The largest absolute Gasteiger partial charge is 0.385 e. The Bertz CT molecular complexity index is 550. The van der Waals surface area contributed by atoms with Gasteiger partial charge in [0.05, 0.1) is 5.39 Å². The maximum atomic E-state index is 12.2. The fourth-order valence-electron chi connectivity index (χ4n) is 1.91. The van der Waals surface area contributed by atoms with Crippen LogP contribution in [-0.4, -0.2) is 43.3 Å². The summed E-state index contributed by atoms with van der Waals surface area (Å²) in [5.74, 6) is 0.177. The predicted octanol–water partition coefficient (Wildman–Crippen LogP) is 2.33. The van der Waals surface area contributed by atoms with E-state index in [9.17, 15) is 4.79 Å². The molecule has 0 fully saturated rings. The SMILES string of the molecule is COCCCCN(C)C(=O)c1onc2ccccc12. The molecule has 2 aromatic rings. The number of hydrogen-bond acceptors (Lipinski definition) is 4. The number of methoxy groups -OCH3 is 1. The molecule has 5 heteroatoms. The number of nitrogens with zero attached hydrogens (tertiary/aromatic N) is 2. The van der Waals surface area contributed by atoms with Gasteiger partial charge in [-0.3, -0.25) is 4.79 Å². The quantitative estimate of drug-likeness (QED) is 0.750. The average molecular weight is 262 g/mol. The van der Waals surface area contributed by atoms with Gasteiger partial charge in [-0.25, -0.2) is 0 Å². The van der Waals surface area contributed by atoms with Gasteiger partial charge in [-0.2, -0.15) is 0 Å². The third-order valence-corrected chi connectivity index (χ3v) is 3.02. The molecule has 0 saturated heterocycles. The van der Waals surface area contributed by atoms with Crippen LogP contribution < -0.4 is 0 Å². The number of carbonyl (C=O) groups excluding carboxylic acids is 1. The highest BCUT2D eigenvalue weighted by atomic mass is 16.5. The normalized spacial score (nSPS) is 10.8. The van der Waals surface area contributed by atoms with Crippen LogP contribution in [0.1, 0.15) is 23.4 Å². The number of hydrogen-bond donors (Lipinski definition) is 0. The fraction of sp³-hybridized carbons (Fsp3) is 0.429. The Hall–Kier alpha value is -1.88. The number of benzene rings is 1. The molecule has 0 aliphatic carbocycles. The molecule has 1 amide bonds. The van der Waals surface area contributed by atoms with E-state index < -0.39 is 0 Å². The van der Waals surface area contributed by atoms with E-state index in [1.807, 2.05) is 24.3 Å². The number of fused-ring (bicyclic) bond motifs is 1. The second-order valence-electron chi connectivity index (χ2n) is 4.46. The minimum absolute atomic E-state index is 0.133. The van der Waals surface area contributed by atoms with Gasteiger partial charge in [-0.1, -0.05) is 17.3 Å². The molecule has 0 atom stereocenters.